The van der Waals surface area contributed by atoms with Crippen molar-refractivity contribution < 1.29 is 14.4 Å². The Morgan fingerprint density at radius 1 is 0.844 bits per heavy atom. The van der Waals surface area contributed by atoms with E-state index in [0.717, 1.165) is 11.1 Å². The molecule has 0 aromatic carbocycles. The SMILES string of the molecule is CC(=O)NCC(=O)Nc1ccc(C(C)C)cn1.CC(N)C(=O)Nc1ccc(C(C)C)cn1. The van der Waals surface area contributed by atoms with Crippen LogP contribution in [-0.4, -0.2) is 40.3 Å². The van der Waals surface area contributed by atoms with Crippen LogP contribution >= 0.6 is 0 Å². The van der Waals surface area contributed by atoms with Gasteiger partial charge in [-0.1, -0.05) is 39.8 Å². The number of amides is 3. The van der Waals surface area contributed by atoms with E-state index in [0.29, 0.717) is 23.5 Å². The van der Waals surface area contributed by atoms with Crippen molar-refractivity contribution >= 4 is 29.4 Å². The zero-order chi connectivity index (χ0) is 24.3. The minimum Gasteiger partial charge on any atom is -0.347 e. The lowest BCUT2D eigenvalue weighted by Gasteiger charge is -2.08. The number of nitrogens with one attached hydrogen (secondary N) is 3. The van der Waals surface area contributed by atoms with Crippen LogP contribution in [0.3, 0.4) is 0 Å². The summed E-state index contributed by atoms with van der Waals surface area (Å²) < 4.78 is 0. The first-order valence-corrected chi connectivity index (χ1v) is 10.5. The van der Waals surface area contributed by atoms with Gasteiger partial charge < -0.3 is 21.7 Å². The molecule has 2 aromatic rings. The molecule has 1 unspecified atom stereocenters. The Kier molecular flexibility index (Phi) is 11.0. The predicted molar refractivity (Wildman–Crippen MR) is 126 cm³/mol. The number of hydrogen-bond donors (Lipinski definition) is 4. The van der Waals surface area contributed by atoms with Gasteiger partial charge in [-0.25, -0.2) is 9.97 Å². The second-order valence-corrected chi connectivity index (χ2v) is 8.00. The minimum absolute atomic E-state index is 0.0387. The van der Waals surface area contributed by atoms with Gasteiger partial charge in [0.05, 0.1) is 12.6 Å². The number of aromatic nitrogens is 2. The van der Waals surface area contributed by atoms with E-state index in [4.69, 9.17) is 5.73 Å². The van der Waals surface area contributed by atoms with Crippen LogP contribution in [0.25, 0.3) is 0 Å². The lowest BCUT2D eigenvalue weighted by atomic mass is 10.1. The van der Waals surface area contributed by atoms with Gasteiger partial charge in [0.1, 0.15) is 11.6 Å². The van der Waals surface area contributed by atoms with Crippen LogP contribution in [0.4, 0.5) is 11.6 Å². The second kappa shape index (κ2) is 13.2. The maximum Gasteiger partial charge on any atom is 0.244 e. The van der Waals surface area contributed by atoms with Crippen LogP contribution in [0.15, 0.2) is 36.7 Å². The van der Waals surface area contributed by atoms with E-state index in [1.54, 1.807) is 31.5 Å². The van der Waals surface area contributed by atoms with Crippen LogP contribution in [-0.2, 0) is 14.4 Å². The molecule has 0 saturated heterocycles. The molecule has 0 saturated carbocycles. The molecule has 5 N–H and O–H groups in total. The number of carbonyl (C=O) groups is 3. The first-order valence-electron chi connectivity index (χ1n) is 10.5. The largest absolute Gasteiger partial charge is 0.347 e. The standard InChI is InChI=1S/C12H17N3O2.C11H17N3O/c1-8(2)10-4-5-11(14-6-10)15-12(17)7-13-9(3)16;1-7(2)9-4-5-10(13-6-9)14-11(15)8(3)12/h4-6,8H,7H2,1-3H3,(H,13,16)(H,14,15,17);4-8H,12H2,1-3H3,(H,13,14,15). The van der Waals surface area contributed by atoms with Gasteiger partial charge >= 0.3 is 0 Å². The summed E-state index contributed by atoms with van der Waals surface area (Å²) in [5.74, 6) is 1.14. The van der Waals surface area contributed by atoms with Crippen molar-refractivity contribution in [2.75, 3.05) is 17.2 Å². The average Bonchev–Trinajstić information content (AvgIpc) is 2.73. The normalized spacial score (nSPS) is 11.3. The molecular weight excluding hydrogens is 408 g/mol. The first-order chi connectivity index (χ1) is 15.0. The fourth-order valence-corrected chi connectivity index (χ4v) is 2.27. The molecule has 0 spiro atoms. The van der Waals surface area contributed by atoms with Crippen molar-refractivity contribution in [3.8, 4) is 0 Å². The molecule has 0 radical (unpaired) electrons. The zero-order valence-corrected chi connectivity index (χ0v) is 19.6. The van der Waals surface area contributed by atoms with Crippen LogP contribution in [0.5, 0.6) is 0 Å². The Morgan fingerprint density at radius 2 is 1.31 bits per heavy atom. The Labute approximate surface area is 189 Å². The topological polar surface area (TPSA) is 139 Å². The monoisotopic (exact) mass is 442 g/mol. The summed E-state index contributed by atoms with van der Waals surface area (Å²) in [6.07, 6.45) is 3.50. The molecule has 32 heavy (non-hydrogen) atoms. The minimum atomic E-state index is -0.517. The number of pyridine rings is 2. The third-order valence-electron chi connectivity index (χ3n) is 4.34. The van der Waals surface area contributed by atoms with Crippen LogP contribution in [0.2, 0.25) is 0 Å². The summed E-state index contributed by atoms with van der Waals surface area (Å²) in [5, 5.41) is 7.65. The summed E-state index contributed by atoms with van der Waals surface area (Å²) in [6, 6.07) is 6.90. The van der Waals surface area contributed by atoms with Crippen LogP contribution in [0.1, 0.15) is 64.5 Å². The van der Waals surface area contributed by atoms with Crippen molar-refractivity contribution in [3.05, 3.63) is 47.8 Å². The lowest BCUT2D eigenvalue weighted by molar-refractivity contribution is -0.122. The van der Waals surface area contributed by atoms with E-state index >= 15 is 0 Å². The van der Waals surface area contributed by atoms with E-state index in [1.165, 1.54) is 6.92 Å². The van der Waals surface area contributed by atoms with Crippen LogP contribution < -0.4 is 21.7 Å². The molecule has 0 bridgehead atoms. The number of hydrogen-bond acceptors (Lipinski definition) is 6. The van der Waals surface area contributed by atoms with Crippen molar-refractivity contribution in [2.45, 2.75) is 59.4 Å². The fraction of sp³-hybridized carbons (Fsp3) is 0.435. The highest BCUT2D eigenvalue weighted by Gasteiger charge is 2.08. The number of nitrogens with two attached hydrogens (primary N) is 1. The van der Waals surface area contributed by atoms with Gasteiger partial charge in [-0.05, 0) is 42.0 Å². The Bertz CT molecular complexity index is 878. The van der Waals surface area contributed by atoms with Gasteiger partial charge in [-0.2, -0.15) is 0 Å². The van der Waals surface area contributed by atoms with Gasteiger partial charge in [0.15, 0.2) is 0 Å². The molecule has 174 valence electrons. The summed E-state index contributed by atoms with van der Waals surface area (Å²) in [7, 11) is 0. The van der Waals surface area contributed by atoms with Crippen molar-refractivity contribution in [1.29, 1.82) is 0 Å². The van der Waals surface area contributed by atoms with E-state index in [-0.39, 0.29) is 24.3 Å². The van der Waals surface area contributed by atoms with Gasteiger partial charge in [-0.15, -0.1) is 0 Å². The highest BCUT2D eigenvalue weighted by Crippen LogP contribution is 2.15. The van der Waals surface area contributed by atoms with Crippen molar-refractivity contribution in [1.82, 2.24) is 15.3 Å². The van der Waals surface area contributed by atoms with E-state index in [2.05, 4.69) is 53.6 Å². The molecular formula is C23H34N6O3. The smallest absolute Gasteiger partial charge is 0.244 e. The molecule has 9 nitrogen and oxygen atoms in total. The Morgan fingerprint density at radius 3 is 1.66 bits per heavy atom. The highest BCUT2D eigenvalue weighted by molar-refractivity contribution is 5.94. The molecule has 2 rings (SSSR count). The van der Waals surface area contributed by atoms with E-state index in [9.17, 15) is 14.4 Å². The lowest BCUT2D eigenvalue weighted by Crippen LogP contribution is -2.32. The molecule has 3 amide bonds. The summed E-state index contributed by atoms with van der Waals surface area (Å²) in [4.78, 5) is 41.5. The molecule has 1 atom stereocenters. The quantitative estimate of drug-likeness (QED) is 0.520. The van der Waals surface area contributed by atoms with Crippen LogP contribution in [0, 0.1) is 0 Å². The Balaban J connectivity index is 0.000000323. The third kappa shape index (κ3) is 10.1. The van der Waals surface area contributed by atoms with Gasteiger partial charge in [0.2, 0.25) is 17.7 Å². The molecule has 2 heterocycles. The highest BCUT2D eigenvalue weighted by atomic mass is 16.2. The zero-order valence-electron chi connectivity index (χ0n) is 19.6. The molecule has 0 aliphatic heterocycles. The maximum absolute atomic E-state index is 11.4. The van der Waals surface area contributed by atoms with Crippen molar-refractivity contribution in [2.24, 2.45) is 5.73 Å². The number of carbonyl (C=O) groups excluding carboxylic acids is 3. The van der Waals surface area contributed by atoms with Gasteiger partial charge in [0.25, 0.3) is 0 Å². The summed E-state index contributed by atoms with van der Waals surface area (Å²) in [5.41, 5.74) is 7.68. The molecule has 0 aliphatic carbocycles. The second-order valence-electron chi connectivity index (χ2n) is 8.00. The number of nitrogens with zero attached hydrogens (tertiary/aromatic N) is 2. The predicted octanol–water partition coefficient (Wildman–Crippen LogP) is 2.77. The van der Waals surface area contributed by atoms with E-state index < -0.39 is 6.04 Å². The van der Waals surface area contributed by atoms with Crippen molar-refractivity contribution in [3.63, 3.8) is 0 Å². The number of rotatable bonds is 7. The molecule has 0 aliphatic rings. The first kappa shape index (κ1) is 26.7. The van der Waals surface area contributed by atoms with E-state index in [1.807, 2.05) is 12.1 Å². The maximum atomic E-state index is 11.4. The third-order valence-corrected chi connectivity index (χ3v) is 4.34. The average molecular weight is 443 g/mol. The summed E-state index contributed by atoms with van der Waals surface area (Å²) in [6.45, 7) is 11.3. The van der Waals surface area contributed by atoms with Gasteiger partial charge in [-0.3, -0.25) is 14.4 Å². The summed E-state index contributed by atoms with van der Waals surface area (Å²) >= 11 is 0. The van der Waals surface area contributed by atoms with Gasteiger partial charge in [0, 0.05) is 19.3 Å². The molecule has 9 heteroatoms. The molecule has 0 fully saturated rings. The fourth-order valence-electron chi connectivity index (χ4n) is 2.27. The molecule has 2 aromatic heterocycles. The number of anilines is 2. The Hall–Kier alpha value is -3.33.